The first kappa shape index (κ1) is 22.5. The van der Waals surface area contributed by atoms with Crippen LogP contribution in [0.1, 0.15) is 5.56 Å². The van der Waals surface area contributed by atoms with Crippen LogP contribution >= 0.6 is 11.6 Å². The molecule has 2 N–H and O–H groups in total. The SMILES string of the molecule is Cc1ccc(S(=O)(=O)Nc2ccc(S(=O)(=O)Nc3ccccc3Cl)cc2[N+](=O)[O-])cc1. The van der Waals surface area contributed by atoms with Gasteiger partial charge in [-0.1, -0.05) is 41.4 Å². The van der Waals surface area contributed by atoms with Crippen LogP contribution in [-0.4, -0.2) is 21.8 Å². The molecule has 0 saturated carbocycles. The maximum Gasteiger partial charge on any atom is 0.294 e. The summed E-state index contributed by atoms with van der Waals surface area (Å²) in [4.78, 5) is 10.1. The van der Waals surface area contributed by atoms with Crippen LogP contribution in [0.4, 0.5) is 17.1 Å². The largest absolute Gasteiger partial charge is 0.294 e. The van der Waals surface area contributed by atoms with Gasteiger partial charge in [-0.25, -0.2) is 16.8 Å². The van der Waals surface area contributed by atoms with Gasteiger partial charge >= 0.3 is 0 Å². The van der Waals surface area contributed by atoms with E-state index >= 15 is 0 Å². The summed E-state index contributed by atoms with van der Waals surface area (Å²) in [5.41, 5.74) is -0.165. The second-order valence-corrected chi connectivity index (χ2v) is 10.2. The van der Waals surface area contributed by atoms with Crippen molar-refractivity contribution in [2.24, 2.45) is 0 Å². The molecule has 0 amide bonds. The highest BCUT2D eigenvalue weighted by Gasteiger charge is 2.25. The van der Waals surface area contributed by atoms with Crippen LogP contribution in [0.15, 0.2) is 76.5 Å². The van der Waals surface area contributed by atoms with Crippen LogP contribution in [0.2, 0.25) is 5.02 Å². The quantitative estimate of drug-likeness (QED) is 0.384. The number of hydrogen-bond donors (Lipinski definition) is 2. The summed E-state index contributed by atoms with van der Waals surface area (Å²) in [6.07, 6.45) is 0. The van der Waals surface area contributed by atoms with Crippen LogP contribution in [-0.2, 0) is 20.0 Å². The van der Waals surface area contributed by atoms with Crippen molar-refractivity contribution in [2.45, 2.75) is 16.7 Å². The molecule has 0 aliphatic rings. The second kappa shape index (κ2) is 8.53. The summed E-state index contributed by atoms with van der Waals surface area (Å²) in [6.45, 7) is 1.78. The van der Waals surface area contributed by atoms with Gasteiger partial charge in [0, 0.05) is 6.07 Å². The highest BCUT2D eigenvalue weighted by Crippen LogP contribution is 2.31. The average molecular weight is 482 g/mol. The molecular weight excluding hydrogens is 466 g/mol. The van der Waals surface area contributed by atoms with E-state index < -0.39 is 35.6 Å². The molecule has 31 heavy (non-hydrogen) atoms. The van der Waals surface area contributed by atoms with Gasteiger partial charge in [0.1, 0.15) is 5.69 Å². The third-order valence-electron chi connectivity index (χ3n) is 4.17. The van der Waals surface area contributed by atoms with E-state index in [0.717, 1.165) is 23.8 Å². The van der Waals surface area contributed by atoms with Crippen LogP contribution in [0.5, 0.6) is 0 Å². The molecule has 0 aliphatic heterocycles. The molecule has 0 heterocycles. The molecule has 3 aromatic rings. The summed E-state index contributed by atoms with van der Waals surface area (Å²) >= 11 is 5.95. The van der Waals surface area contributed by atoms with E-state index in [9.17, 15) is 26.9 Å². The predicted molar refractivity (Wildman–Crippen MR) is 117 cm³/mol. The molecule has 0 aromatic heterocycles. The van der Waals surface area contributed by atoms with E-state index in [4.69, 9.17) is 11.6 Å². The molecule has 0 aliphatic carbocycles. The fourth-order valence-electron chi connectivity index (χ4n) is 2.58. The standard InChI is InChI=1S/C19H16ClN3O6S2/c1-13-6-8-14(9-7-13)30(26,27)22-18-11-10-15(12-19(18)23(24)25)31(28,29)21-17-5-3-2-4-16(17)20/h2-12,21-22H,1H3. The van der Waals surface area contributed by atoms with Gasteiger partial charge in [0.2, 0.25) is 0 Å². The number of halogens is 1. The Labute approximate surface area is 183 Å². The van der Waals surface area contributed by atoms with E-state index in [-0.39, 0.29) is 21.3 Å². The number of aryl methyl sites for hydroxylation is 1. The zero-order valence-corrected chi connectivity index (χ0v) is 18.3. The zero-order chi connectivity index (χ0) is 22.8. The van der Waals surface area contributed by atoms with Crippen LogP contribution in [0, 0.1) is 17.0 Å². The Hall–Kier alpha value is -3.15. The molecule has 162 valence electrons. The van der Waals surface area contributed by atoms with Crippen molar-refractivity contribution >= 4 is 48.7 Å². The molecule has 0 radical (unpaired) electrons. The Morgan fingerprint density at radius 3 is 1.97 bits per heavy atom. The van der Waals surface area contributed by atoms with Crippen LogP contribution in [0.3, 0.4) is 0 Å². The third-order valence-corrected chi connectivity index (χ3v) is 7.24. The number of rotatable bonds is 7. The third kappa shape index (κ3) is 5.13. The average Bonchev–Trinajstić information content (AvgIpc) is 2.69. The minimum atomic E-state index is -4.23. The Balaban J connectivity index is 1.97. The van der Waals surface area contributed by atoms with Crippen molar-refractivity contribution in [3.8, 4) is 0 Å². The molecule has 9 nitrogen and oxygen atoms in total. The van der Waals surface area contributed by atoms with Crippen LogP contribution in [0.25, 0.3) is 0 Å². The first-order chi connectivity index (χ1) is 14.5. The minimum absolute atomic E-state index is 0.0931. The van der Waals surface area contributed by atoms with Gasteiger partial charge in [0.15, 0.2) is 0 Å². The van der Waals surface area contributed by atoms with Crippen molar-refractivity contribution < 1.29 is 21.8 Å². The lowest BCUT2D eigenvalue weighted by Crippen LogP contribution is -2.16. The molecule has 3 aromatic carbocycles. The Morgan fingerprint density at radius 1 is 0.806 bits per heavy atom. The number of para-hydroxylation sites is 1. The van der Waals surface area contributed by atoms with Crippen molar-refractivity contribution in [3.05, 3.63) is 87.4 Å². The highest BCUT2D eigenvalue weighted by molar-refractivity contribution is 7.93. The minimum Gasteiger partial charge on any atom is -0.278 e. The Morgan fingerprint density at radius 2 is 1.35 bits per heavy atom. The van der Waals surface area contributed by atoms with Crippen molar-refractivity contribution in [1.29, 1.82) is 0 Å². The molecule has 0 saturated heterocycles. The van der Waals surface area contributed by atoms with Gasteiger partial charge in [-0.2, -0.15) is 0 Å². The summed E-state index contributed by atoms with van der Waals surface area (Å²) in [6, 6.07) is 14.8. The predicted octanol–water partition coefficient (Wildman–Crippen LogP) is 4.16. The van der Waals surface area contributed by atoms with Gasteiger partial charge in [-0.05, 0) is 43.3 Å². The lowest BCUT2D eigenvalue weighted by Gasteiger charge is -2.12. The number of nitro groups is 1. The molecule has 0 unspecified atom stereocenters. The number of hydrogen-bond acceptors (Lipinski definition) is 6. The van der Waals surface area contributed by atoms with E-state index in [1.165, 1.54) is 24.3 Å². The lowest BCUT2D eigenvalue weighted by molar-refractivity contribution is -0.384. The molecule has 0 spiro atoms. The zero-order valence-electron chi connectivity index (χ0n) is 15.9. The first-order valence-corrected chi connectivity index (χ1v) is 12.0. The molecule has 12 heteroatoms. The first-order valence-electron chi connectivity index (χ1n) is 8.65. The van der Waals surface area contributed by atoms with E-state index in [2.05, 4.69) is 9.44 Å². The van der Waals surface area contributed by atoms with Crippen molar-refractivity contribution in [2.75, 3.05) is 9.44 Å². The molecule has 0 atom stereocenters. The fourth-order valence-corrected chi connectivity index (χ4v) is 5.00. The number of nitrogens with zero attached hydrogens (tertiary/aromatic N) is 1. The van der Waals surface area contributed by atoms with Gasteiger partial charge in [0.25, 0.3) is 25.7 Å². The van der Waals surface area contributed by atoms with Gasteiger partial charge < -0.3 is 0 Å². The number of sulfonamides is 2. The van der Waals surface area contributed by atoms with Gasteiger partial charge in [-0.15, -0.1) is 0 Å². The number of anilines is 2. The topological polar surface area (TPSA) is 135 Å². The van der Waals surface area contributed by atoms with Crippen molar-refractivity contribution in [1.82, 2.24) is 0 Å². The summed E-state index contributed by atoms with van der Waals surface area (Å²) in [7, 11) is -8.35. The Kier molecular flexibility index (Phi) is 6.20. The summed E-state index contributed by atoms with van der Waals surface area (Å²) in [5.74, 6) is 0. The number of nitro benzene ring substituents is 1. The smallest absolute Gasteiger partial charge is 0.278 e. The summed E-state index contributed by atoms with van der Waals surface area (Å²) < 4.78 is 54.8. The number of nitrogens with one attached hydrogen (secondary N) is 2. The molecular formula is C19H16ClN3O6S2. The molecule has 3 rings (SSSR count). The summed E-state index contributed by atoms with van der Waals surface area (Å²) in [5, 5.41) is 11.7. The maximum atomic E-state index is 12.6. The van der Waals surface area contributed by atoms with E-state index in [1.807, 2.05) is 0 Å². The van der Waals surface area contributed by atoms with Gasteiger partial charge in [0.05, 0.1) is 25.4 Å². The Bertz CT molecular complexity index is 1360. The fraction of sp³-hybridized carbons (Fsp3) is 0.0526. The van der Waals surface area contributed by atoms with Crippen LogP contribution < -0.4 is 9.44 Å². The van der Waals surface area contributed by atoms with Crippen molar-refractivity contribution in [3.63, 3.8) is 0 Å². The van der Waals surface area contributed by atoms with E-state index in [1.54, 1.807) is 31.2 Å². The second-order valence-electron chi connectivity index (χ2n) is 6.44. The molecule has 0 bridgehead atoms. The van der Waals surface area contributed by atoms with Gasteiger partial charge in [-0.3, -0.25) is 19.6 Å². The maximum absolute atomic E-state index is 12.6. The lowest BCUT2D eigenvalue weighted by atomic mass is 10.2. The van der Waals surface area contributed by atoms with E-state index in [0.29, 0.717) is 0 Å². The number of benzene rings is 3. The molecule has 0 fully saturated rings. The monoisotopic (exact) mass is 481 g/mol. The highest BCUT2D eigenvalue weighted by atomic mass is 35.5. The normalized spacial score (nSPS) is 11.7.